The maximum atomic E-state index is 12.7. The van der Waals surface area contributed by atoms with Crippen molar-refractivity contribution in [2.24, 2.45) is 0 Å². The van der Waals surface area contributed by atoms with E-state index >= 15 is 0 Å². The van der Waals surface area contributed by atoms with E-state index in [2.05, 4.69) is 12.6 Å². The molecule has 63 valence electrons. The third kappa shape index (κ3) is 1.81. The van der Waals surface area contributed by atoms with Gasteiger partial charge in [0.1, 0.15) is 6.61 Å². The Morgan fingerprint density at radius 1 is 1.42 bits per heavy atom. The van der Waals surface area contributed by atoms with Crippen LogP contribution in [0.4, 0.5) is 8.78 Å². The zero-order valence-electron chi connectivity index (χ0n) is 6.31. The largest absolute Gasteiger partial charge is 0.483 e. The SMILES string of the molecule is C=CCOc1c(F)c[c]cc1F. The summed E-state index contributed by atoms with van der Waals surface area (Å²) in [6.07, 6.45) is 1.41. The Balaban J connectivity index is 2.88. The van der Waals surface area contributed by atoms with Crippen molar-refractivity contribution in [2.45, 2.75) is 0 Å². The summed E-state index contributed by atoms with van der Waals surface area (Å²) in [6.45, 7) is 3.44. The molecule has 3 heteroatoms. The lowest BCUT2D eigenvalue weighted by atomic mass is 10.3. The highest BCUT2D eigenvalue weighted by Gasteiger charge is 2.07. The van der Waals surface area contributed by atoms with E-state index < -0.39 is 11.6 Å². The molecule has 0 saturated heterocycles. The number of halogens is 2. The Hall–Kier alpha value is -1.38. The molecule has 12 heavy (non-hydrogen) atoms. The van der Waals surface area contributed by atoms with Crippen molar-refractivity contribution < 1.29 is 13.5 Å². The first-order valence-corrected chi connectivity index (χ1v) is 3.34. The maximum absolute atomic E-state index is 12.7. The van der Waals surface area contributed by atoms with Crippen molar-refractivity contribution in [3.8, 4) is 5.75 Å². The van der Waals surface area contributed by atoms with Crippen LogP contribution in [0.2, 0.25) is 0 Å². The minimum absolute atomic E-state index is 0.0812. The van der Waals surface area contributed by atoms with Gasteiger partial charge in [-0.05, 0) is 18.2 Å². The molecule has 0 amide bonds. The molecule has 0 fully saturated rings. The Kier molecular flexibility index (Phi) is 2.80. The first-order valence-electron chi connectivity index (χ1n) is 3.34. The molecule has 0 bridgehead atoms. The molecule has 0 aliphatic carbocycles. The van der Waals surface area contributed by atoms with Gasteiger partial charge in [0.25, 0.3) is 0 Å². The Morgan fingerprint density at radius 2 is 2.00 bits per heavy atom. The first kappa shape index (κ1) is 8.71. The highest BCUT2D eigenvalue weighted by Crippen LogP contribution is 2.20. The Labute approximate surface area is 69.3 Å². The molecule has 1 rings (SSSR count). The van der Waals surface area contributed by atoms with E-state index in [9.17, 15) is 8.78 Å². The van der Waals surface area contributed by atoms with E-state index in [-0.39, 0.29) is 12.4 Å². The van der Waals surface area contributed by atoms with Gasteiger partial charge in [-0.2, -0.15) is 0 Å². The molecule has 0 aliphatic rings. The monoisotopic (exact) mass is 169 g/mol. The molecule has 1 nitrogen and oxygen atoms in total. The van der Waals surface area contributed by atoms with Gasteiger partial charge in [0.2, 0.25) is 0 Å². The molecule has 0 saturated carbocycles. The standard InChI is InChI=1S/C9H7F2O/c1-2-6-12-9-7(10)4-3-5-8(9)11/h2,4-5H,1,6H2. The fourth-order valence-corrected chi connectivity index (χ4v) is 0.713. The van der Waals surface area contributed by atoms with Gasteiger partial charge in [-0.1, -0.05) is 12.7 Å². The summed E-state index contributed by atoms with van der Waals surface area (Å²) in [4.78, 5) is 0. The highest BCUT2D eigenvalue weighted by atomic mass is 19.1. The lowest BCUT2D eigenvalue weighted by Gasteiger charge is -2.04. The van der Waals surface area contributed by atoms with Crippen molar-refractivity contribution in [3.05, 3.63) is 42.5 Å². The maximum Gasteiger partial charge on any atom is 0.191 e. The molecular formula is C9H7F2O. The van der Waals surface area contributed by atoms with Gasteiger partial charge in [-0.15, -0.1) is 0 Å². The van der Waals surface area contributed by atoms with Crippen molar-refractivity contribution in [1.29, 1.82) is 0 Å². The van der Waals surface area contributed by atoms with Gasteiger partial charge in [0, 0.05) is 0 Å². The summed E-state index contributed by atoms with van der Waals surface area (Å²) in [7, 11) is 0. The minimum atomic E-state index is -0.753. The zero-order valence-corrected chi connectivity index (χ0v) is 6.31. The van der Waals surface area contributed by atoms with Crippen LogP contribution >= 0.6 is 0 Å². The van der Waals surface area contributed by atoms with E-state index in [1.807, 2.05) is 0 Å². The van der Waals surface area contributed by atoms with Crippen molar-refractivity contribution in [2.75, 3.05) is 6.61 Å². The summed E-state index contributed by atoms with van der Waals surface area (Å²) in [5.41, 5.74) is 0. The van der Waals surface area contributed by atoms with E-state index in [1.54, 1.807) is 0 Å². The van der Waals surface area contributed by atoms with Gasteiger partial charge in [0.05, 0.1) is 0 Å². The Bertz CT molecular complexity index is 264. The third-order valence-electron chi connectivity index (χ3n) is 1.20. The summed E-state index contributed by atoms with van der Waals surface area (Å²) in [5.74, 6) is -1.89. The van der Waals surface area contributed by atoms with Crippen molar-refractivity contribution in [3.63, 3.8) is 0 Å². The molecule has 0 N–H and O–H groups in total. The molecule has 1 radical (unpaired) electrons. The van der Waals surface area contributed by atoms with Crippen LogP contribution in [-0.2, 0) is 0 Å². The van der Waals surface area contributed by atoms with Gasteiger partial charge >= 0.3 is 0 Å². The van der Waals surface area contributed by atoms with Crippen LogP contribution in [0.5, 0.6) is 5.75 Å². The first-order chi connectivity index (χ1) is 5.75. The quantitative estimate of drug-likeness (QED) is 0.631. The number of rotatable bonds is 3. The average Bonchev–Trinajstić information content (AvgIpc) is 2.04. The number of benzene rings is 1. The fraction of sp³-hybridized carbons (Fsp3) is 0.111. The number of ether oxygens (including phenoxy) is 1. The molecule has 0 heterocycles. The second kappa shape index (κ2) is 3.85. The zero-order chi connectivity index (χ0) is 8.97. The second-order valence-electron chi connectivity index (χ2n) is 2.08. The van der Waals surface area contributed by atoms with Crippen molar-refractivity contribution in [1.82, 2.24) is 0 Å². The molecule has 0 atom stereocenters. The number of hydrogen-bond acceptors (Lipinski definition) is 1. The average molecular weight is 169 g/mol. The third-order valence-corrected chi connectivity index (χ3v) is 1.20. The lowest BCUT2D eigenvalue weighted by molar-refractivity contribution is 0.321. The fourth-order valence-electron chi connectivity index (χ4n) is 0.713. The normalized spacial score (nSPS) is 9.50. The van der Waals surface area contributed by atoms with Crippen LogP contribution in [-0.4, -0.2) is 6.61 Å². The minimum Gasteiger partial charge on any atom is -0.483 e. The van der Waals surface area contributed by atoms with Crippen LogP contribution in [0.3, 0.4) is 0 Å². The summed E-state index contributed by atoms with van der Waals surface area (Å²) >= 11 is 0. The van der Waals surface area contributed by atoms with Crippen LogP contribution in [0.1, 0.15) is 0 Å². The van der Waals surface area contributed by atoms with Gasteiger partial charge in [-0.25, -0.2) is 8.78 Å². The van der Waals surface area contributed by atoms with Gasteiger partial charge < -0.3 is 4.74 Å². The molecule has 1 aromatic rings. The molecule has 0 unspecified atom stereocenters. The van der Waals surface area contributed by atoms with E-state index in [0.29, 0.717) is 0 Å². The summed E-state index contributed by atoms with van der Waals surface area (Å²) in [6, 6.07) is 4.32. The van der Waals surface area contributed by atoms with Crippen LogP contribution in [0, 0.1) is 17.7 Å². The van der Waals surface area contributed by atoms with E-state index in [1.165, 1.54) is 6.08 Å². The summed E-state index contributed by atoms with van der Waals surface area (Å²) in [5, 5.41) is 0. The molecule has 0 aliphatic heterocycles. The van der Waals surface area contributed by atoms with Crippen LogP contribution in [0.15, 0.2) is 24.8 Å². The smallest absolute Gasteiger partial charge is 0.191 e. The summed E-state index contributed by atoms with van der Waals surface area (Å²) < 4.78 is 30.2. The topological polar surface area (TPSA) is 9.23 Å². The van der Waals surface area contributed by atoms with Gasteiger partial charge in [-0.3, -0.25) is 0 Å². The highest BCUT2D eigenvalue weighted by molar-refractivity contribution is 5.25. The second-order valence-corrected chi connectivity index (χ2v) is 2.08. The number of hydrogen-bond donors (Lipinski definition) is 0. The molecular weight excluding hydrogens is 162 g/mol. The Morgan fingerprint density at radius 3 is 2.50 bits per heavy atom. The van der Waals surface area contributed by atoms with Gasteiger partial charge in [0.15, 0.2) is 17.4 Å². The van der Waals surface area contributed by atoms with Crippen LogP contribution < -0.4 is 4.74 Å². The van der Waals surface area contributed by atoms with Crippen LogP contribution in [0.25, 0.3) is 0 Å². The predicted molar refractivity (Wildman–Crippen MR) is 40.9 cm³/mol. The molecule has 0 spiro atoms. The van der Waals surface area contributed by atoms with E-state index in [4.69, 9.17) is 4.74 Å². The lowest BCUT2D eigenvalue weighted by Crippen LogP contribution is -1.98. The predicted octanol–water partition coefficient (Wildman–Crippen LogP) is 2.33. The van der Waals surface area contributed by atoms with Crippen molar-refractivity contribution >= 4 is 0 Å². The molecule has 1 aromatic carbocycles. The van der Waals surface area contributed by atoms with E-state index in [0.717, 1.165) is 12.1 Å². The molecule has 0 aromatic heterocycles.